The van der Waals surface area contributed by atoms with Crippen LogP contribution in [0.1, 0.15) is 29.2 Å². The number of benzene rings is 1. The van der Waals surface area contributed by atoms with E-state index >= 15 is 0 Å². The molecule has 0 aromatic heterocycles. The van der Waals surface area contributed by atoms with Gasteiger partial charge in [-0.1, -0.05) is 0 Å². The van der Waals surface area contributed by atoms with Crippen molar-refractivity contribution in [3.63, 3.8) is 0 Å². The number of hydrogen-bond acceptors (Lipinski definition) is 5. The molecule has 0 atom stereocenters. The normalized spacial score (nSPS) is 14.8. The molecule has 6 heteroatoms. The summed E-state index contributed by atoms with van der Waals surface area (Å²) in [7, 11) is 2.52. The molecule has 0 saturated carbocycles. The maximum absolute atomic E-state index is 12.3. The first-order valence-electron chi connectivity index (χ1n) is 7.33. The number of anilines is 1. The lowest BCUT2D eigenvalue weighted by molar-refractivity contribution is -0.168. The first-order chi connectivity index (χ1) is 10.8. The van der Waals surface area contributed by atoms with Gasteiger partial charge in [0, 0.05) is 25.5 Å². The van der Waals surface area contributed by atoms with E-state index in [4.69, 9.17) is 9.47 Å². The number of aryl methyl sites for hydroxylation is 1. The van der Waals surface area contributed by atoms with E-state index in [9.17, 15) is 14.4 Å². The highest BCUT2D eigenvalue weighted by Crippen LogP contribution is 2.43. The molecule has 1 aromatic carbocycles. The number of fused-ring (bicyclic) bond motifs is 1. The highest BCUT2D eigenvalue weighted by molar-refractivity contribution is 6.02. The minimum absolute atomic E-state index is 0.169. The second-order valence-corrected chi connectivity index (χ2v) is 5.92. The van der Waals surface area contributed by atoms with E-state index in [-0.39, 0.29) is 18.7 Å². The van der Waals surface area contributed by atoms with Gasteiger partial charge in [0.25, 0.3) is 0 Å². The Morgan fingerprint density at radius 1 is 1.04 bits per heavy atom. The summed E-state index contributed by atoms with van der Waals surface area (Å²) < 4.78 is 9.71. The fourth-order valence-corrected chi connectivity index (χ4v) is 3.27. The zero-order valence-electron chi connectivity index (χ0n) is 14.0. The van der Waals surface area contributed by atoms with Crippen LogP contribution in [0.15, 0.2) is 6.07 Å². The smallest absolute Gasteiger partial charge is 0.323 e. The Morgan fingerprint density at radius 3 is 2.04 bits per heavy atom. The number of hydrogen-bond donors (Lipinski definition) is 1. The van der Waals surface area contributed by atoms with Crippen molar-refractivity contribution in [2.75, 3.05) is 19.5 Å². The largest absolute Gasteiger partial charge is 0.468 e. The Kier molecular flexibility index (Phi) is 4.45. The third-order valence-electron chi connectivity index (χ3n) is 4.48. The first kappa shape index (κ1) is 17.0. The van der Waals surface area contributed by atoms with Gasteiger partial charge in [-0.05, 0) is 42.2 Å². The van der Waals surface area contributed by atoms with Gasteiger partial charge in [-0.3, -0.25) is 14.4 Å². The zero-order valence-corrected chi connectivity index (χ0v) is 14.0. The van der Waals surface area contributed by atoms with Gasteiger partial charge in [-0.2, -0.15) is 0 Å². The Hall–Kier alpha value is -2.37. The molecule has 6 nitrogen and oxygen atoms in total. The third kappa shape index (κ3) is 2.69. The highest BCUT2D eigenvalue weighted by Gasteiger charge is 2.53. The summed E-state index contributed by atoms with van der Waals surface area (Å²) in [6.45, 7) is 5.21. The maximum atomic E-state index is 12.3. The molecular formula is C17H21NO5. The lowest BCUT2D eigenvalue weighted by atomic mass is 9.84. The fourth-order valence-electron chi connectivity index (χ4n) is 3.27. The lowest BCUT2D eigenvalue weighted by Gasteiger charge is -2.22. The van der Waals surface area contributed by atoms with Crippen LogP contribution in [0, 0.1) is 19.3 Å². The summed E-state index contributed by atoms with van der Waals surface area (Å²) in [5.74, 6) is -1.36. The molecule has 1 aromatic rings. The number of carbonyl (C=O) groups is 3. The molecule has 1 aliphatic rings. The van der Waals surface area contributed by atoms with Crippen molar-refractivity contribution < 1.29 is 23.9 Å². The van der Waals surface area contributed by atoms with Crippen LogP contribution in [0.3, 0.4) is 0 Å². The second-order valence-electron chi connectivity index (χ2n) is 5.92. The van der Waals surface area contributed by atoms with Crippen molar-refractivity contribution in [3.8, 4) is 0 Å². The Balaban J connectivity index is 2.56. The van der Waals surface area contributed by atoms with Crippen molar-refractivity contribution in [1.82, 2.24) is 0 Å². The van der Waals surface area contributed by atoms with Gasteiger partial charge in [-0.15, -0.1) is 0 Å². The van der Waals surface area contributed by atoms with E-state index in [1.165, 1.54) is 21.1 Å². The molecule has 124 valence electrons. The van der Waals surface area contributed by atoms with Crippen LogP contribution < -0.4 is 5.32 Å². The predicted molar refractivity (Wildman–Crippen MR) is 84.1 cm³/mol. The summed E-state index contributed by atoms with van der Waals surface area (Å²) in [6, 6.07) is 1.86. The second kappa shape index (κ2) is 6.02. The summed E-state index contributed by atoms with van der Waals surface area (Å²) in [5.41, 5.74) is 2.95. The molecule has 0 radical (unpaired) electrons. The van der Waals surface area contributed by atoms with Gasteiger partial charge >= 0.3 is 11.9 Å². The van der Waals surface area contributed by atoms with Gasteiger partial charge in [0.15, 0.2) is 5.41 Å². The average Bonchev–Trinajstić information content (AvgIpc) is 2.93. The molecule has 1 N–H and O–H groups in total. The number of carbonyl (C=O) groups excluding carboxylic acids is 3. The number of amides is 1. The molecule has 0 aliphatic heterocycles. The first-order valence-corrected chi connectivity index (χ1v) is 7.33. The molecule has 0 spiro atoms. The van der Waals surface area contributed by atoms with Crippen LogP contribution in [0.2, 0.25) is 0 Å². The van der Waals surface area contributed by atoms with E-state index in [1.54, 1.807) is 0 Å². The van der Waals surface area contributed by atoms with Gasteiger partial charge in [-0.25, -0.2) is 0 Å². The molecule has 2 rings (SSSR count). The lowest BCUT2D eigenvalue weighted by Crippen LogP contribution is -2.42. The molecule has 1 amide bonds. The highest BCUT2D eigenvalue weighted by atomic mass is 16.5. The van der Waals surface area contributed by atoms with Crippen molar-refractivity contribution in [3.05, 3.63) is 28.3 Å². The van der Waals surface area contributed by atoms with Crippen molar-refractivity contribution in [2.24, 2.45) is 5.41 Å². The molecule has 0 heterocycles. The number of rotatable bonds is 3. The number of methoxy groups -OCH3 is 2. The van der Waals surface area contributed by atoms with Crippen LogP contribution in [0.25, 0.3) is 0 Å². The van der Waals surface area contributed by atoms with Crippen LogP contribution in [0.4, 0.5) is 5.69 Å². The average molecular weight is 319 g/mol. The topological polar surface area (TPSA) is 81.7 Å². The van der Waals surface area contributed by atoms with Crippen molar-refractivity contribution in [1.29, 1.82) is 0 Å². The minimum atomic E-state index is -1.35. The molecule has 0 unspecified atom stereocenters. The summed E-state index contributed by atoms with van der Waals surface area (Å²) >= 11 is 0. The van der Waals surface area contributed by atoms with Crippen LogP contribution in [-0.4, -0.2) is 32.1 Å². The summed E-state index contributed by atoms with van der Waals surface area (Å²) in [6.07, 6.45) is 0.455. The van der Waals surface area contributed by atoms with Crippen molar-refractivity contribution in [2.45, 2.75) is 33.6 Å². The van der Waals surface area contributed by atoms with E-state index in [0.29, 0.717) is 5.69 Å². The van der Waals surface area contributed by atoms with Gasteiger partial charge < -0.3 is 14.8 Å². The Labute approximate surface area is 135 Å². The van der Waals surface area contributed by atoms with Gasteiger partial charge in [0.2, 0.25) is 5.91 Å². The van der Waals surface area contributed by atoms with Crippen LogP contribution >= 0.6 is 0 Å². The SMILES string of the molecule is COC(=O)C1(C(=O)OC)Cc2c(C)cc(NC(C)=O)c(C)c2C1. The third-order valence-corrected chi connectivity index (χ3v) is 4.48. The Bertz CT molecular complexity index is 677. The van der Waals surface area contributed by atoms with Gasteiger partial charge in [0.05, 0.1) is 14.2 Å². The quantitative estimate of drug-likeness (QED) is 0.677. The van der Waals surface area contributed by atoms with E-state index in [1.807, 2.05) is 19.9 Å². The Morgan fingerprint density at radius 2 is 1.57 bits per heavy atom. The summed E-state index contributed by atoms with van der Waals surface area (Å²) in [4.78, 5) is 35.9. The molecule has 0 saturated heterocycles. The summed E-state index contributed by atoms with van der Waals surface area (Å²) in [5, 5.41) is 2.79. The molecule has 0 fully saturated rings. The standard InChI is InChI=1S/C17H21NO5/c1-9-6-14(18-11(3)19)10(2)13-8-17(7-12(9)13,15(20)22-4)16(21)23-5/h6H,7-8H2,1-5H3,(H,18,19). The van der Waals surface area contributed by atoms with Gasteiger partial charge in [0.1, 0.15) is 0 Å². The molecule has 0 bridgehead atoms. The van der Waals surface area contributed by atoms with Crippen LogP contribution in [-0.2, 0) is 36.7 Å². The van der Waals surface area contributed by atoms with Crippen LogP contribution in [0.5, 0.6) is 0 Å². The minimum Gasteiger partial charge on any atom is -0.468 e. The van der Waals surface area contributed by atoms with Crippen molar-refractivity contribution >= 4 is 23.5 Å². The maximum Gasteiger partial charge on any atom is 0.323 e. The van der Waals surface area contributed by atoms with E-state index in [2.05, 4.69) is 5.32 Å². The number of esters is 2. The predicted octanol–water partition coefficient (Wildman–Crippen LogP) is 1.69. The van der Waals surface area contributed by atoms with E-state index < -0.39 is 17.4 Å². The monoisotopic (exact) mass is 319 g/mol. The molecule has 23 heavy (non-hydrogen) atoms. The van der Waals surface area contributed by atoms with E-state index in [0.717, 1.165) is 22.3 Å². The molecular weight excluding hydrogens is 298 g/mol. The zero-order chi connectivity index (χ0) is 17.4. The number of ether oxygens (including phenoxy) is 2. The molecule has 1 aliphatic carbocycles. The number of nitrogens with one attached hydrogen (secondary N) is 1. The fraction of sp³-hybridized carbons (Fsp3) is 0.471.